The van der Waals surface area contributed by atoms with Crippen molar-refractivity contribution in [2.75, 3.05) is 0 Å². The van der Waals surface area contributed by atoms with Crippen LogP contribution in [0, 0.1) is 0 Å². The molecule has 0 radical (unpaired) electrons. The molecule has 8 nitrogen and oxygen atoms in total. The Bertz CT molecular complexity index is 2330. The van der Waals surface area contributed by atoms with Crippen LogP contribution in [-0.2, 0) is 0 Å². The van der Waals surface area contributed by atoms with E-state index >= 15 is 0 Å². The molecular formula is C40H40BrGaN8. The first kappa shape index (κ1) is 35.2. The molecule has 250 valence electrons. The van der Waals surface area contributed by atoms with Crippen LogP contribution in [0.25, 0.3) is 21.5 Å². The van der Waals surface area contributed by atoms with Crippen LogP contribution in [0.5, 0.6) is 0 Å². The molecule has 0 unspecified atom stereocenters. The molecule has 50 heavy (non-hydrogen) atoms. The summed E-state index contributed by atoms with van der Waals surface area (Å²) in [5, 5.41) is 4.07. The van der Waals surface area contributed by atoms with Crippen molar-refractivity contribution in [1.29, 1.82) is 0 Å². The number of nitrogens with zero attached hydrogens (tertiary/aromatic N) is 8. The van der Waals surface area contributed by atoms with Crippen LogP contribution in [-0.4, -0.2) is 44.6 Å². The van der Waals surface area contributed by atoms with Gasteiger partial charge in [-0.25, -0.2) is 0 Å². The SMILES string of the molecule is CC.CC.CC.CC.[Br][Ga]1[n]2c3c4ccccc4c2N=C2N=C(N=c4c5ccccc5c([n]41)=NC1=NC(=N3)c3ccccc31)c1ccccc12. The van der Waals surface area contributed by atoms with Crippen LogP contribution in [0.4, 0.5) is 11.6 Å². The van der Waals surface area contributed by atoms with E-state index in [-0.39, 0.29) is 0 Å². The molecule has 0 amide bonds. The summed E-state index contributed by atoms with van der Waals surface area (Å²) in [6.07, 6.45) is 0. The average molecular weight is 782 g/mol. The Kier molecular flexibility index (Phi) is 10.6. The third-order valence-electron chi connectivity index (χ3n) is 8.25. The molecule has 0 fully saturated rings. The average Bonchev–Trinajstić information content (AvgIpc) is 3.91. The molecule has 4 aromatic carbocycles. The molecule has 10 rings (SSSR count). The van der Waals surface area contributed by atoms with Crippen LogP contribution in [0.1, 0.15) is 77.6 Å². The second-order valence-electron chi connectivity index (χ2n) is 10.5. The van der Waals surface area contributed by atoms with Gasteiger partial charge in [-0.05, 0) is 0 Å². The summed E-state index contributed by atoms with van der Waals surface area (Å²) in [6.45, 7) is 16.0. The van der Waals surface area contributed by atoms with Crippen molar-refractivity contribution < 1.29 is 0 Å². The zero-order chi connectivity index (χ0) is 35.5. The van der Waals surface area contributed by atoms with Crippen molar-refractivity contribution in [1.82, 2.24) is 6.55 Å². The second kappa shape index (κ2) is 15.1. The molecule has 6 heterocycles. The van der Waals surface area contributed by atoms with Crippen molar-refractivity contribution in [3.8, 4) is 0 Å². The van der Waals surface area contributed by atoms with Gasteiger partial charge >= 0.3 is 252 Å². The molecule has 0 saturated carbocycles. The summed E-state index contributed by atoms with van der Waals surface area (Å²) < 4.78 is 4.61. The number of aromatic nitrogens is 2. The Balaban J connectivity index is 0.000000507. The number of hydrogen-bond donors (Lipinski definition) is 0. The van der Waals surface area contributed by atoms with Gasteiger partial charge in [-0.3, -0.25) is 0 Å². The van der Waals surface area contributed by atoms with E-state index in [0.29, 0.717) is 23.3 Å². The quantitative estimate of drug-likeness (QED) is 0.138. The minimum absolute atomic E-state index is 0.656. The molecule has 6 bridgehead atoms. The number of amidine groups is 4. The summed E-state index contributed by atoms with van der Waals surface area (Å²) >= 11 is 1.25. The van der Waals surface area contributed by atoms with Crippen molar-refractivity contribution in [3.05, 3.63) is 130 Å². The molecule has 0 aliphatic carbocycles. The van der Waals surface area contributed by atoms with Crippen LogP contribution in [0.2, 0.25) is 0 Å². The van der Waals surface area contributed by atoms with Crippen molar-refractivity contribution in [2.45, 2.75) is 55.4 Å². The summed E-state index contributed by atoms with van der Waals surface area (Å²) in [7, 11) is 0. The summed E-state index contributed by atoms with van der Waals surface area (Å²) in [5.41, 5.74) is 5.53. The van der Waals surface area contributed by atoms with E-state index in [2.05, 4.69) is 92.9 Å². The van der Waals surface area contributed by atoms with Gasteiger partial charge in [0.15, 0.2) is 0 Å². The first-order chi connectivity index (χ1) is 24.7. The van der Waals surface area contributed by atoms with Gasteiger partial charge in [0.05, 0.1) is 0 Å². The Hall–Kier alpha value is -4.64. The minimum atomic E-state index is -3.04. The Morgan fingerprint density at radius 3 is 1.04 bits per heavy atom. The number of benzene rings is 4. The van der Waals surface area contributed by atoms with E-state index in [1.165, 1.54) is 0 Å². The van der Waals surface area contributed by atoms with Crippen LogP contribution in [0.15, 0.2) is 127 Å². The number of aliphatic imine (C=N–C) groups is 4. The number of hydrogen-bond acceptors (Lipinski definition) is 6. The first-order valence-electron chi connectivity index (χ1n) is 17.6. The summed E-state index contributed by atoms with van der Waals surface area (Å²) in [4.78, 5) is 31.2. The zero-order valence-corrected chi connectivity index (χ0v) is 33.8. The van der Waals surface area contributed by atoms with E-state index in [1.807, 2.05) is 79.7 Å². The van der Waals surface area contributed by atoms with E-state index < -0.39 is 14.7 Å². The fraction of sp³-hybridized carbons (Fsp3) is 0.200. The molecule has 0 N–H and O–H groups in total. The Morgan fingerprint density at radius 2 is 0.680 bits per heavy atom. The Labute approximate surface area is 305 Å². The molecule has 0 atom stereocenters. The van der Waals surface area contributed by atoms with Gasteiger partial charge in [-0.2, -0.15) is 0 Å². The predicted molar refractivity (Wildman–Crippen MR) is 215 cm³/mol. The maximum absolute atomic E-state index is 5.29. The van der Waals surface area contributed by atoms with Gasteiger partial charge < -0.3 is 0 Å². The third-order valence-corrected chi connectivity index (χ3v) is 16.3. The molecule has 0 saturated heterocycles. The van der Waals surface area contributed by atoms with Gasteiger partial charge in [0, 0.05) is 0 Å². The number of rotatable bonds is 0. The molecule has 4 aliphatic heterocycles. The molecule has 6 aromatic rings. The van der Waals surface area contributed by atoms with E-state index in [0.717, 1.165) is 66.4 Å². The van der Waals surface area contributed by atoms with Gasteiger partial charge in [0.1, 0.15) is 0 Å². The van der Waals surface area contributed by atoms with Crippen molar-refractivity contribution in [3.63, 3.8) is 0 Å². The molecule has 10 heteroatoms. The zero-order valence-electron chi connectivity index (χ0n) is 29.8. The molecular weight excluding hydrogens is 742 g/mol. The van der Waals surface area contributed by atoms with Gasteiger partial charge in [0.25, 0.3) is 0 Å². The van der Waals surface area contributed by atoms with E-state index in [9.17, 15) is 0 Å². The van der Waals surface area contributed by atoms with Gasteiger partial charge in [0.2, 0.25) is 0 Å². The molecule has 2 aromatic heterocycles. The Morgan fingerprint density at radius 1 is 0.380 bits per heavy atom. The first-order valence-corrected chi connectivity index (χ1v) is 25.5. The normalized spacial score (nSPS) is 13.7. The van der Waals surface area contributed by atoms with Crippen LogP contribution < -0.4 is 11.0 Å². The number of fused-ring (bicyclic) bond motifs is 14. The van der Waals surface area contributed by atoms with Gasteiger partial charge in [-0.1, -0.05) is 55.4 Å². The summed E-state index contributed by atoms with van der Waals surface area (Å²) in [5.74, 6) is 4.28. The number of halogens is 1. The second-order valence-corrected chi connectivity index (χ2v) is 18.2. The molecule has 4 aliphatic rings. The van der Waals surface area contributed by atoms with Crippen molar-refractivity contribution in [2.24, 2.45) is 30.0 Å². The predicted octanol–water partition coefficient (Wildman–Crippen LogP) is 9.42. The fourth-order valence-corrected chi connectivity index (χ4v) is 14.2. The molecule has 0 spiro atoms. The van der Waals surface area contributed by atoms with Crippen molar-refractivity contribution >= 4 is 84.8 Å². The third kappa shape index (κ3) is 5.46. The van der Waals surface area contributed by atoms with Crippen LogP contribution >= 0.6 is 13.6 Å². The summed E-state index contributed by atoms with van der Waals surface area (Å²) in [6, 6.07) is 33.1. The topological polar surface area (TPSA) is 84.0 Å². The monoisotopic (exact) mass is 780 g/mol. The van der Waals surface area contributed by atoms with Crippen LogP contribution in [0.3, 0.4) is 0 Å². The van der Waals surface area contributed by atoms with Gasteiger partial charge in [-0.15, -0.1) is 0 Å². The van der Waals surface area contributed by atoms with E-state index in [4.69, 9.17) is 30.0 Å². The van der Waals surface area contributed by atoms with E-state index in [1.54, 1.807) is 0 Å². The standard InChI is InChI=1S/C32H16N8.4C2H6.BrH.Ga/c1-2-10-18-17(9-1)25-33-26(18)38-28-21-13-5-6-14-22(21)30(35-28)40-32-24-16-8-7-15-23(24)31(36-32)39-29-20-12-4-3-11-19(20)27(34-29)37-25;4*1-2;;/h1-16H;4*1-2H3;1H;/q-2;;;;;;+3/p-1. The fourth-order valence-electron chi connectivity index (χ4n) is 6.37. The maximum atomic E-state index is 5.29.